The summed E-state index contributed by atoms with van der Waals surface area (Å²) >= 11 is 0. The molecule has 0 radical (unpaired) electrons. The van der Waals surface area contributed by atoms with Crippen molar-refractivity contribution in [3.63, 3.8) is 0 Å². The summed E-state index contributed by atoms with van der Waals surface area (Å²) in [6, 6.07) is 10.2. The summed E-state index contributed by atoms with van der Waals surface area (Å²) in [4.78, 5) is 11.5. The minimum Gasteiger partial charge on any atom is -0.393 e. The van der Waals surface area contributed by atoms with Gasteiger partial charge in [0.25, 0.3) is 0 Å². The molecule has 0 spiro atoms. The molecule has 5 heteroatoms. The Morgan fingerprint density at radius 1 is 1.24 bits per heavy atom. The number of nitrogens with zero attached hydrogens (tertiary/aromatic N) is 1. The van der Waals surface area contributed by atoms with Crippen molar-refractivity contribution >= 4 is 16.9 Å². The number of aromatic nitrogens is 1. The fourth-order valence-corrected chi connectivity index (χ4v) is 2.24. The summed E-state index contributed by atoms with van der Waals surface area (Å²) in [5, 5.41) is 15.9. The molecule has 0 fully saturated rings. The Morgan fingerprint density at radius 2 is 2.00 bits per heavy atom. The third-order valence-electron chi connectivity index (χ3n) is 3.39. The average molecular weight is 289 g/mol. The third kappa shape index (κ3) is 4.79. The predicted octanol–water partition coefficient (Wildman–Crippen LogP) is 2.10. The van der Waals surface area contributed by atoms with E-state index in [-0.39, 0.29) is 12.1 Å². The van der Waals surface area contributed by atoms with Crippen molar-refractivity contribution in [3.8, 4) is 0 Å². The SMILES string of the molecule is CC(O)CCNC(=O)NCCCn1ccc2ccccc21. The zero-order valence-electron chi connectivity index (χ0n) is 12.4. The number of aryl methyl sites for hydroxylation is 1. The first-order valence-corrected chi connectivity index (χ1v) is 7.40. The summed E-state index contributed by atoms with van der Waals surface area (Å²) in [6.45, 7) is 3.71. The Bertz CT molecular complexity index is 578. The van der Waals surface area contributed by atoms with E-state index in [0.29, 0.717) is 19.5 Å². The van der Waals surface area contributed by atoms with Crippen molar-refractivity contribution in [2.24, 2.45) is 0 Å². The predicted molar refractivity (Wildman–Crippen MR) is 84.3 cm³/mol. The van der Waals surface area contributed by atoms with E-state index in [1.807, 2.05) is 12.1 Å². The topological polar surface area (TPSA) is 66.3 Å². The molecule has 0 aliphatic rings. The van der Waals surface area contributed by atoms with E-state index in [4.69, 9.17) is 5.11 Å². The van der Waals surface area contributed by atoms with Crippen LogP contribution in [0.25, 0.3) is 10.9 Å². The second kappa shape index (κ2) is 7.69. The number of amides is 2. The van der Waals surface area contributed by atoms with Crippen LogP contribution < -0.4 is 10.6 Å². The zero-order valence-corrected chi connectivity index (χ0v) is 12.4. The average Bonchev–Trinajstić information content (AvgIpc) is 2.86. The molecule has 21 heavy (non-hydrogen) atoms. The highest BCUT2D eigenvalue weighted by Gasteiger charge is 2.02. The lowest BCUT2D eigenvalue weighted by Gasteiger charge is -2.09. The van der Waals surface area contributed by atoms with E-state index in [9.17, 15) is 4.79 Å². The molecule has 0 aliphatic carbocycles. The van der Waals surface area contributed by atoms with Gasteiger partial charge in [-0.2, -0.15) is 0 Å². The second-order valence-electron chi connectivity index (χ2n) is 5.24. The number of fused-ring (bicyclic) bond motifs is 1. The van der Waals surface area contributed by atoms with Gasteiger partial charge in [0.05, 0.1) is 6.10 Å². The van der Waals surface area contributed by atoms with E-state index < -0.39 is 0 Å². The van der Waals surface area contributed by atoms with Crippen LogP contribution in [0, 0.1) is 0 Å². The number of hydrogen-bond acceptors (Lipinski definition) is 2. The summed E-state index contributed by atoms with van der Waals surface area (Å²) in [5.74, 6) is 0. The van der Waals surface area contributed by atoms with Gasteiger partial charge in [-0.05, 0) is 37.3 Å². The number of nitrogens with one attached hydrogen (secondary N) is 2. The largest absolute Gasteiger partial charge is 0.393 e. The Labute approximate surface area is 125 Å². The quantitative estimate of drug-likeness (QED) is 0.683. The van der Waals surface area contributed by atoms with Crippen molar-refractivity contribution in [2.45, 2.75) is 32.4 Å². The summed E-state index contributed by atoms with van der Waals surface area (Å²) in [6.07, 6.45) is 3.14. The second-order valence-corrected chi connectivity index (χ2v) is 5.24. The molecular formula is C16H23N3O2. The number of rotatable bonds is 7. The fraction of sp³-hybridized carbons (Fsp3) is 0.438. The summed E-state index contributed by atoms with van der Waals surface area (Å²) < 4.78 is 2.20. The van der Waals surface area contributed by atoms with Gasteiger partial charge in [0, 0.05) is 31.3 Å². The van der Waals surface area contributed by atoms with Gasteiger partial charge in [0.2, 0.25) is 0 Å². The number of benzene rings is 1. The standard InChI is InChI=1S/C16H23N3O2/c1-13(20)7-10-18-16(21)17-9-4-11-19-12-8-14-5-2-3-6-15(14)19/h2-3,5-6,8,12-13,20H,4,7,9-11H2,1H3,(H2,17,18,21). The van der Waals surface area contributed by atoms with E-state index in [0.717, 1.165) is 13.0 Å². The van der Waals surface area contributed by atoms with Gasteiger partial charge in [-0.1, -0.05) is 18.2 Å². The molecule has 0 saturated carbocycles. The summed E-state index contributed by atoms with van der Waals surface area (Å²) in [5.41, 5.74) is 1.22. The van der Waals surface area contributed by atoms with Crippen molar-refractivity contribution in [2.75, 3.05) is 13.1 Å². The molecule has 0 aliphatic heterocycles. The van der Waals surface area contributed by atoms with Gasteiger partial charge in [0.15, 0.2) is 0 Å². The molecule has 3 N–H and O–H groups in total. The van der Waals surface area contributed by atoms with Gasteiger partial charge in [-0.3, -0.25) is 0 Å². The first-order chi connectivity index (χ1) is 10.2. The molecule has 2 amide bonds. The van der Waals surface area contributed by atoms with Gasteiger partial charge in [0.1, 0.15) is 0 Å². The smallest absolute Gasteiger partial charge is 0.314 e. The lowest BCUT2D eigenvalue weighted by atomic mass is 10.2. The Hall–Kier alpha value is -2.01. The first-order valence-electron chi connectivity index (χ1n) is 7.40. The molecule has 2 aromatic rings. The fourth-order valence-electron chi connectivity index (χ4n) is 2.24. The van der Waals surface area contributed by atoms with Crippen LogP contribution >= 0.6 is 0 Å². The number of hydrogen-bond donors (Lipinski definition) is 3. The van der Waals surface area contributed by atoms with Crippen LogP contribution in [0.15, 0.2) is 36.5 Å². The van der Waals surface area contributed by atoms with E-state index in [1.54, 1.807) is 6.92 Å². The van der Waals surface area contributed by atoms with Gasteiger partial charge in [-0.15, -0.1) is 0 Å². The zero-order chi connectivity index (χ0) is 15.1. The number of para-hydroxylation sites is 1. The molecule has 114 valence electrons. The number of carbonyl (C=O) groups excluding carboxylic acids is 1. The minimum atomic E-state index is -0.382. The van der Waals surface area contributed by atoms with Crippen LogP contribution in [-0.4, -0.2) is 34.9 Å². The number of aliphatic hydroxyl groups is 1. The van der Waals surface area contributed by atoms with E-state index in [1.165, 1.54) is 10.9 Å². The molecular weight excluding hydrogens is 266 g/mol. The van der Waals surface area contributed by atoms with Crippen LogP contribution in [-0.2, 0) is 6.54 Å². The Morgan fingerprint density at radius 3 is 2.81 bits per heavy atom. The maximum atomic E-state index is 11.5. The number of urea groups is 1. The third-order valence-corrected chi connectivity index (χ3v) is 3.39. The highest BCUT2D eigenvalue weighted by Crippen LogP contribution is 2.15. The van der Waals surface area contributed by atoms with Crippen molar-refractivity contribution in [1.82, 2.24) is 15.2 Å². The Kier molecular flexibility index (Phi) is 5.63. The molecule has 0 bridgehead atoms. The van der Waals surface area contributed by atoms with Gasteiger partial charge >= 0.3 is 6.03 Å². The highest BCUT2D eigenvalue weighted by atomic mass is 16.3. The first kappa shape index (κ1) is 15.4. The number of aliphatic hydroxyl groups excluding tert-OH is 1. The van der Waals surface area contributed by atoms with Crippen LogP contribution in [0.2, 0.25) is 0 Å². The molecule has 1 atom stereocenters. The maximum Gasteiger partial charge on any atom is 0.314 e. The van der Waals surface area contributed by atoms with E-state index >= 15 is 0 Å². The Balaban J connectivity index is 1.67. The molecule has 1 heterocycles. The maximum absolute atomic E-state index is 11.5. The van der Waals surface area contributed by atoms with Crippen molar-refractivity contribution in [3.05, 3.63) is 36.5 Å². The van der Waals surface area contributed by atoms with Crippen LogP contribution in [0.5, 0.6) is 0 Å². The molecule has 1 aromatic carbocycles. The van der Waals surface area contributed by atoms with Crippen LogP contribution in [0.4, 0.5) is 4.79 Å². The van der Waals surface area contributed by atoms with Crippen molar-refractivity contribution in [1.29, 1.82) is 0 Å². The lowest BCUT2D eigenvalue weighted by Crippen LogP contribution is -2.37. The molecule has 2 rings (SSSR count). The van der Waals surface area contributed by atoms with Gasteiger partial charge in [-0.25, -0.2) is 4.79 Å². The van der Waals surface area contributed by atoms with E-state index in [2.05, 4.69) is 39.6 Å². The molecule has 0 saturated heterocycles. The summed E-state index contributed by atoms with van der Waals surface area (Å²) in [7, 11) is 0. The highest BCUT2D eigenvalue weighted by molar-refractivity contribution is 5.79. The van der Waals surface area contributed by atoms with Gasteiger partial charge < -0.3 is 20.3 Å². The molecule has 5 nitrogen and oxygen atoms in total. The minimum absolute atomic E-state index is 0.173. The van der Waals surface area contributed by atoms with Crippen LogP contribution in [0.1, 0.15) is 19.8 Å². The van der Waals surface area contributed by atoms with Crippen LogP contribution in [0.3, 0.4) is 0 Å². The molecule has 1 unspecified atom stereocenters. The lowest BCUT2D eigenvalue weighted by molar-refractivity contribution is 0.183. The normalized spacial score (nSPS) is 12.3. The monoisotopic (exact) mass is 289 g/mol. The van der Waals surface area contributed by atoms with Crippen molar-refractivity contribution < 1.29 is 9.90 Å². The number of carbonyl (C=O) groups is 1. The molecule has 1 aromatic heterocycles.